The second-order valence-corrected chi connectivity index (χ2v) is 6.01. The van der Waals surface area contributed by atoms with Crippen LogP contribution in [-0.4, -0.2) is 19.5 Å². The first-order valence-electron chi connectivity index (χ1n) is 4.31. The van der Waals surface area contributed by atoms with E-state index in [4.69, 9.17) is 4.12 Å². The molecule has 0 heterocycles. The molecule has 1 nitrogen and oxygen atoms in total. The van der Waals surface area contributed by atoms with Crippen molar-refractivity contribution in [1.82, 2.24) is 0 Å². The molecule has 0 aliphatic heterocycles. The van der Waals surface area contributed by atoms with E-state index in [1.807, 2.05) is 0 Å². The molecule has 0 saturated carbocycles. The molecule has 0 fully saturated rings. The fourth-order valence-corrected chi connectivity index (χ4v) is 2.41. The van der Waals surface area contributed by atoms with Gasteiger partial charge in [0.05, 0.1) is 0 Å². The Morgan fingerprint density at radius 1 is 1.27 bits per heavy atom. The van der Waals surface area contributed by atoms with Gasteiger partial charge in [-0.15, -0.1) is 0 Å². The predicted octanol–water partition coefficient (Wildman–Crippen LogP) is 2.53. The van der Waals surface area contributed by atoms with Crippen LogP contribution >= 0.6 is 0 Å². The summed E-state index contributed by atoms with van der Waals surface area (Å²) in [7, 11) is 1.44. The van der Waals surface area contributed by atoms with Crippen molar-refractivity contribution in [3.8, 4) is 0 Å². The van der Waals surface area contributed by atoms with E-state index < -0.39 is 0 Å². The minimum Gasteiger partial charge on any atom is -0.457 e. The van der Waals surface area contributed by atoms with E-state index in [0.29, 0.717) is 0 Å². The maximum Gasteiger partial charge on any atom is 0.218 e. The van der Waals surface area contributed by atoms with Gasteiger partial charge in [0, 0.05) is 0 Å². The van der Waals surface area contributed by atoms with Gasteiger partial charge in [-0.3, -0.25) is 0 Å². The van der Waals surface area contributed by atoms with E-state index in [9.17, 15) is 0 Å². The summed E-state index contributed by atoms with van der Waals surface area (Å²) in [6.07, 6.45) is 1.24. The second kappa shape index (κ2) is 7.07. The first kappa shape index (κ1) is 11.4. The zero-order valence-electron chi connectivity index (χ0n) is 7.98. The Labute approximate surface area is 75.8 Å². The lowest BCUT2D eigenvalue weighted by Crippen LogP contribution is -2.09. The van der Waals surface area contributed by atoms with E-state index in [-0.39, 0.29) is 0 Å². The summed E-state index contributed by atoms with van der Waals surface area (Å²) in [5, 5.41) is 0. The molecule has 0 aromatic heterocycles. The van der Waals surface area contributed by atoms with Gasteiger partial charge in [-0.1, -0.05) is 34.1 Å². The lowest BCUT2D eigenvalue weighted by atomic mass is 10.3. The molecule has 0 spiro atoms. The van der Waals surface area contributed by atoms with Gasteiger partial charge >= 0.3 is 0 Å². The predicted molar refractivity (Wildman–Crippen MR) is 52.0 cm³/mol. The SMILES string of the molecule is CCC(C)[Si]O[Si]CC(C)C. The summed E-state index contributed by atoms with van der Waals surface area (Å²) in [6, 6.07) is 1.23. The molecule has 0 amide bonds. The minimum absolute atomic E-state index is 0.718. The molecule has 11 heavy (non-hydrogen) atoms. The molecule has 0 aromatic rings. The molecule has 4 radical (unpaired) electrons. The molecule has 1 atom stereocenters. The average molecular weight is 186 g/mol. The first-order valence-corrected chi connectivity index (χ1v) is 6.41. The van der Waals surface area contributed by atoms with Crippen molar-refractivity contribution in [2.24, 2.45) is 5.92 Å². The van der Waals surface area contributed by atoms with Crippen molar-refractivity contribution in [2.75, 3.05) is 0 Å². The van der Waals surface area contributed by atoms with Crippen molar-refractivity contribution in [2.45, 2.75) is 45.7 Å². The number of hydrogen-bond acceptors (Lipinski definition) is 1. The molecule has 0 bridgehead atoms. The quantitative estimate of drug-likeness (QED) is 0.457. The van der Waals surface area contributed by atoms with Crippen LogP contribution in [0.4, 0.5) is 0 Å². The number of rotatable bonds is 6. The van der Waals surface area contributed by atoms with E-state index in [0.717, 1.165) is 31.0 Å². The van der Waals surface area contributed by atoms with Crippen molar-refractivity contribution in [1.29, 1.82) is 0 Å². The minimum atomic E-state index is 0.718. The molecule has 0 aliphatic rings. The molecule has 0 saturated heterocycles. The summed E-state index contributed by atoms with van der Waals surface area (Å²) in [4.78, 5) is 0. The average Bonchev–Trinajstić information content (AvgIpc) is 1.97. The van der Waals surface area contributed by atoms with Crippen LogP contribution < -0.4 is 0 Å². The third-order valence-corrected chi connectivity index (χ3v) is 4.28. The molecule has 1 unspecified atom stereocenters. The molecular weight excluding hydrogens is 168 g/mol. The van der Waals surface area contributed by atoms with E-state index >= 15 is 0 Å². The highest BCUT2D eigenvalue weighted by Crippen LogP contribution is 2.06. The summed E-state index contributed by atoms with van der Waals surface area (Å²) in [6.45, 7) is 8.94. The molecule has 0 aromatic carbocycles. The van der Waals surface area contributed by atoms with Crippen LogP contribution in [-0.2, 0) is 4.12 Å². The first-order chi connectivity index (χ1) is 5.16. The largest absolute Gasteiger partial charge is 0.457 e. The van der Waals surface area contributed by atoms with Crippen LogP contribution in [0.3, 0.4) is 0 Å². The van der Waals surface area contributed by atoms with Crippen LogP contribution in [0.5, 0.6) is 0 Å². The highest BCUT2D eigenvalue weighted by atomic mass is 28.3. The van der Waals surface area contributed by atoms with Gasteiger partial charge in [0.15, 0.2) is 0 Å². The Morgan fingerprint density at radius 2 is 1.91 bits per heavy atom. The monoisotopic (exact) mass is 186 g/mol. The topological polar surface area (TPSA) is 9.23 Å². The molecule has 0 N–H and O–H groups in total. The molecular formula is C8H18OSi2. The molecule has 0 rings (SSSR count). The Hall–Kier alpha value is 0.394. The van der Waals surface area contributed by atoms with Gasteiger partial charge in [0.25, 0.3) is 0 Å². The smallest absolute Gasteiger partial charge is 0.218 e. The fraction of sp³-hybridized carbons (Fsp3) is 1.00. The van der Waals surface area contributed by atoms with Crippen molar-refractivity contribution in [3.05, 3.63) is 0 Å². The summed E-state index contributed by atoms with van der Waals surface area (Å²) >= 11 is 0. The Balaban J connectivity index is 3.01. The van der Waals surface area contributed by atoms with Gasteiger partial charge in [-0.2, -0.15) is 0 Å². The van der Waals surface area contributed by atoms with E-state index in [1.165, 1.54) is 12.5 Å². The van der Waals surface area contributed by atoms with Crippen molar-refractivity contribution in [3.63, 3.8) is 0 Å². The highest BCUT2D eigenvalue weighted by Gasteiger charge is 2.02. The van der Waals surface area contributed by atoms with Gasteiger partial charge in [-0.05, 0) is 17.5 Å². The Bertz CT molecular complexity index is 86.2. The normalized spacial score (nSPS) is 13.9. The van der Waals surface area contributed by atoms with Crippen LogP contribution in [0.2, 0.25) is 11.6 Å². The van der Waals surface area contributed by atoms with E-state index in [1.54, 1.807) is 0 Å². The van der Waals surface area contributed by atoms with Crippen LogP contribution in [0, 0.1) is 5.92 Å². The molecule has 3 heteroatoms. The second-order valence-electron chi connectivity index (χ2n) is 3.27. The summed E-state index contributed by atoms with van der Waals surface area (Å²) in [5.41, 5.74) is 0.759. The van der Waals surface area contributed by atoms with Crippen molar-refractivity contribution < 1.29 is 4.12 Å². The highest BCUT2D eigenvalue weighted by molar-refractivity contribution is 6.43. The standard InChI is InChI=1S/C8H18OSi2/c1-5-8(4)11-9-10-6-7(2)3/h7-8H,5-6H2,1-4H3. The summed E-state index contributed by atoms with van der Waals surface area (Å²) in [5.74, 6) is 0.787. The third-order valence-electron chi connectivity index (χ3n) is 1.44. The van der Waals surface area contributed by atoms with Gasteiger partial charge in [-0.25, -0.2) is 0 Å². The number of hydrogen-bond donors (Lipinski definition) is 0. The Morgan fingerprint density at radius 3 is 2.36 bits per heavy atom. The summed E-state index contributed by atoms with van der Waals surface area (Å²) < 4.78 is 5.55. The van der Waals surface area contributed by atoms with Crippen LogP contribution in [0.1, 0.15) is 34.1 Å². The van der Waals surface area contributed by atoms with Gasteiger partial charge in [0.2, 0.25) is 19.5 Å². The zero-order chi connectivity index (χ0) is 8.69. The van der Waals surface area contributed by atoms with E-state index in [2.05, 4.69) is 27.7 Å². The maximum atomic E-state index is 5.55. The van der Waals surface area contributed by atoms with Gasteiger partial charge < -0.3 is 4.12 Å². The van der Waals surface area contributed by atoms with Gasteiger partial charge in [0.1, 0.15) is 0 Å². The lowest BCUT2D eigenvalue weighted by molar-refractivity contribution is 0.587. The Kier molecular flexibility index (Phi) is 7.32. The third kappa shape index (κ3) is 8.30. The lowest BCUT2D eigenvalue weighted by Gasteiger charge is -2.07. The van der Waals surface area contributed by atoms with Crippen LogP contribution in [0.25, 0.3) is 0 Å². The van der Waals surface area contributed by atoms with Crippen LogP contribution in [0.15, 0.2) is 0 Å². The zero-order valence-corrected chi connectivity index (χ0v) is 9.98. The maximum absolute atomic E-state index is 5.55. The van der Waals surface area contributed by atoms with Crippen molar-refractivity contribution >= 4 is 19.5 Å². The molecule has 0 aliphatic carbocycles. The molecule has 64 valence electrons. The fourth-order valence-electron chi connectivity index (χ4n) is 0.434.